The molecular weight excluding hydrogens is 323 g/mol. The number of allylic oxidation sites excluding steroid dienone is 1. The van der Waals surface area contributed by atoms with Gasteiger partial charge in [-0.15, -0.1) is 0 Å². The third-order valence-electron chi connectivity index (χ3n) is 2.75. The molecule has 2 aromatic rings. The minimum Gasteiger partial charge on any atom is -0.497 e. The Labute approximate surface area is 125 Å². The quantitative estimate of drug-likeness (QED) is 0.608. The number of rotatable bonds is 4. The Kier molecular flexibility index (Phi) is 4.69. The van der Waals surface area contributed by atoms with Gasteiger partial charge in [-0.05, 0) is 54.6 Å². The second kappa shape index (κ2) is 6.48. The molecular formula is C16H12BrFO2. The number of hydrogen-bond acceptors (Lipinski definition) is 2. The van der Waals surface area contributed by atoms with Crippen LogP contribution in [-0.2, 0) is 0 Å². The SMILES string of the molecule is COc1ccc(C(=O)/C=C/c2cc(Br)ccc2F)cc1. The Bertz CT molecular complexity index is 648. The van der Waals surface area contributed by atoms with E-state index in [1.807, 2.05) is 0 Å². The zero-order valence-corrected chi connectivity index (χ0v) is 12.4. The largest absolute Gasteiger partial charge is 0.497 e. The minimum atomic E-state index is -0.369. The van der Waals surface area contributed by atoms with Crippen molar-refractivity contribution in [3.63, 3.8) is 0 Å². The summed E-state index contributed by atoms with van der Waals surface area (Å²) < 4.78 is 19.3. The van der Waals surface area contributed by atoms with Crippen molar-refractivity contribution in [1.82, 2.24) is 0 Å². The molecule has 0 unspecified atom stereocenters. The number of halogens is 2. The molecule has 2 nitrogen and oxygen atoms in total. The lowest BCUT2D eigenvalue weighted by molar-refractivity contribution is 0.104. The van der Waals surface area contributed by atoms with Gasteiger partial charge >= 0.3 is 0 Å². The van der Waals surface area contributed by atoms with Gasteiger partial charge in [-0.1, -0.05) is 15.9 Å². The second-order valence-electron chi connectivity index (χ2n) is 4.09. The van der Waals surface area contributed by atoms with Gasteiger partial charge in [0.05, 0.1) is 7.11 Å². The Morgan fingerprint density at radius 2 is 1.90 bits per heavy atom. The van der Waals surface area contributed by atoms with Crippen LogP contribution in [0.5, 0.6) is 5.75 Å². The van der Waals surface area contributed by atoms with Crippen LogP contribution in [0, 0.1) is 5.82 Å². The summed E-state index contributed by atoms with van der Waals surface area (Å²) in [5, 5.41) is 0. The Balaban J connectivity index is 2.17. The molecule has 0 fully saturated rings. The molecule has 0 N–H and O–H groups in total. The van der Waals surface area contributed by atoms with Crippen LogP contribution in [0.1, 0.15) is 15.9 Å². The number of ketones is 1. The standard InChI is InChI=1S/C16H12BrFO2/c1-20-14-6-2-11(3-7-14)16(19)9-4-12-10-13(17)5-8-15(12)18/h2-10H,1H3/b9-4+. The van der Waals surface area contributed by atoms with E-state index in [0.29, 0.717) is 16.9 Å². The summed E-state index contributed by atoms with van der Waals surface area (Å²) in [4.78, 5) is 12.0. The third kappa shape index (κ3) is 3.54. The normalized spacial score (nSPS) is 10.8. The van der Waals surface area contributed by atoms with Crippen molar-refractivity contribution in [3.8, 4) is 5.75 Å². The van der Waals surface area contributed by atoms with Crippen molar-refractivity contribution in [2.24, 2.45) is 0 Å². The van der Waals surface area contributed by atoms with Crippen molar-refractivity contribution < 1.29 is 13.9 Å². The molecule has 0 heterocycles. The number of methoxy groups -OCH3 is 1. The van der Waals surface area contributed by atoms with Gasteiger partial charge in [0.15, 0.2) is 5.78 Å². The van der Waals surface area contributed by atoms with Gasteiger partial charge in [0, 0.05) is 15.6 Å². The molecule has 20 heavy (non-hydrogen) atoms. The molecule has 0 radical (unpaired) electrons. The predicted molar refractivity (Wildman–Crippen MR) is 80.5 cm³/mol. The minimum absolute atomic E-state index is 0.188. The average molecular weight is 335 g/mol. The van der Waals surface area contributed by atoms with Crippen molar-refractivity contribution in [2.45, 2.75) is 0 Å². The topological polar surface area (TPSA) is 26.3 Å². The lowest BCUT2D eigenvalue weighted by Crippen LogP contribution is -1.94. The fraction of sp³-hybridized carbons (Fsp3) is 0.0625. The first-order valence-electron chi connectivity index (χ1n) is 5.91. The van der Waals surface area contributed by atoms with Gasteiger partial charge in [0.25, 0.3) is 0 Å². The maximum atomic E-state index is 13.5. The summed E-state index contributed by atoms with van der Waals surface area (Å²) in [6, 6.07) is 11.3. The van der Waals surface area contributed by atoms with Crippen LogP contribution in [0.2, 0.25) is 0 Å². The number of ether oxygens (including phenoxy) is 1. The molecule has 0 aliphatic heterocycles. The fourth-order valence-electron chi connectivity index (χ4n) is 1.66. The maximum Gasteiger partial charge on any atom is 0.185 e. The van der Waals surface area contributed by atoms with Crippen molar-refractivity contribution in [3.05, 3.63) is 70.0 Å². The molecule has 0 aliphatic carbocycles. The smallest absolute Gasteiger partial charge is 0.185 e. The highest BCUT2D eigenvalue weighted by Gasteiger charge is 2.03. The van der Waals surface area contributed by atoms with Crippen molar-refractivity contribution in [2.75, 3.05) is 7.11 Å². The van der Waals surface area contributed by atoms with E-state index in [4.69, 9.17) is 4.74 Å². The van der Waals surface area contributed by atoms with Crippen LogP contribution in [-0.4, -0.2) is 12.9 Å². The Morgan fingerprint density at radius 3 is 2.55 bits per heavy atom. The van der Waals surface area contributed by atoms with Crippen LogP contribution in [0.4, 0.5) is 4.39 Å². The molecule has 0 spiro atoms. The second-order valence-corrected chi connectivity index (χ2v) is 5.01. The Hall–Kier alpha value is -1.94. The number of carbonyl (C=O) groups is 1. The maximum absolute atomic E-state index is 13.5. The molecule has 0 aliphatic rings. The fourth-order valence-corrected chi connectivity index (χ4v) is 2.04. The van der Waals surface area contributed by atoms with Gasteiger partial charge in [-0.25, -0.2) is 4.39 Å². The lowest BCUT2D eigenvalue weighted by atomic mass is 10.1. The summed E-state index contributed by atoms with van der Waals surface area (Å²) in [7, 11) is 1.56. The molecule has 2 rings (SSSR count). The molecule has 0 aromatic heterocycles. The van der Waals surface area contributed by atoms with Gasteiger partial charge in [-0.3, -0.25) is 4.79 Å². The third-order valence-corrected chi connectivity index (χ3v) is 3.24. The molecule has 0 bridgehead atoms. The van der Waals surface area contributed by atoms with Gasteiger partial charge in [0.1, 0.15) is 11.6 Å². The Morgan fingerprint density at radius 1 is 1.20 bits per heavy atom. The van der Waals surface area contributed by atoms with Crippen LogP contribution in [0.25, 0.3) is 6.08 Å². The zero-order chi connectivity index (χ0) is 14.5. The van der Waals surface area contributed by atoms with E-state index in [-0.39, 0.29) is 11.6 Å². The summed E-state index contributed by atoms with van der Waals surface area (Å²) in [5.41, 5.74) is 0.888. The first-order valence-corrected chi connectivity index (χ1v) is 6.71. The van der Waals surface area contributed by atoms with E-state index in [2.05, 4.69) is 15.9 Å². The average Bonchev–Trinajstić information content (AvgIpc) is 2.48. The van der Waals surface area contributed by atoms with Crippen molar-refractivity contribution >= 4 is 27.8 Å². The zero-order valence-electron chi connectivity index (χ0n) is 10.8. The molecule has 0 saturated heterocycles. The number of benzene rings is 2. The first-order chi connectivity index (χ1) is 9.60. The summed E-state index contributed by atoms with van der Waals surface area (Å²) in [6.45, 7) is 0. The lowest BCUT2D eigenvalue weighted by Gasteiger charge is -2.00. The van der Waals surface area contributed by atoms with E-state index >= 15 is 0 Å². The molecule has 2 aromatic carbocycles. The van der Waals surface area contributed by atoms with Crippen LogP contribution >= 0.6 is 15.9 Å². The summed E-state index contributed by atoms with van der Waals surface area (Å²) >= 11 is 3.26. The number of hydrogen-bond donors (Lipinski definition) is 0. The summed E-state index contributed by atoms with van der Waals surface area (Å²) in [6.07, 6.45) is 2.82. The molecule has 102 valence electrons. The summed E-state index contributed by atoms with van der Waals surface area (Å²) in [5.74, 6) is 0.127. The highest BCUT2D eigenvalue weighted by molar-refractivity contribution is 9.10. The molecule has 0 saturated carbocycles. The van der Waals surface area contributed by atoms with Crippen LogP contribution in [0.3, 0.4) is 0 Å². The highest BCUT2D eigenvalue weighted by Crippen LogP contribution is 2.17. The van der Waals surface area contributed by atoms with E-state index in [1.165, 1.54) is 18.2 Å². The molecule has 4 heteroatoms. The number of carbonyl (C=O) groups excluding carboxylic acids is 1. The van der Waals surface area contributed by atoms with Gasteiger partial charge in [-0.2, -0.15) is 0 Å². The molecule has 0 amide bonds. The van der Waals surface area contributed by atoms with Crippen molar-refractivity contribution in [1.29, 1.82) is 0 Å². The van der Waals surface area contributed by atoms with Crippen LogP contribution in [0.15, 0.2) is 53.0 Å². The van der Waals surface area contributed by atoms with Gasteiger partial charge < -0.3 is 4.74 Å². The van der Waals surface area contributed by atoms with Gasteiger partial charge in [0.2, 0.25) is 0 Å². The van der Waals surface area contributed by atoms with E-state index in [1.54, 1.807) is 43.5 Å². The first kappa shape index (κ1) is 14.5. The highest BCUT2D eigenvalue weighted by atomic mass is 79.9. The monoisotopic (exact) mass is 334 g/mol. The van der Waals surface area contributed by atoms with E-state index < -0.39 is 0 Å². The molecule has 0 atom stereocenters. The predicted octanol–water partition coefficient (Wildman–Crippen LogP) is 4.49. The van der Waals surface area contributed by atoms with E-state index in [0.717, 1.165) is 4.47 Å². The van der Waals surface area contributed by atoms with Crippen LogP contribution < -0.4 is 4.74 Å². The van der Waals surface area contributed by atoms with E-state index in [9.17, 15) is 9.18 Å².